The van der Waals surface area contributed by atoms with Crippen LogP contribution in [0.25, 0.3) is 0 Å². The van der Waals surface area contributed by atoms with E-state index in [1.807, 2.05) is 0 Å². The Labute approximate surface area is 80.6 Å². The fourth-order valence-electron chi connectivity index (χ4n) is 0.502. The summed E-state index contributed by atoms with van der Waals surface area (Å²) in [4.78, 5) is 13.6. The fourth-order valence-corrected chi connectivity index (χ4v) is 0.502. The Morgan fingerprint density at radius 2 is 2.10 bits per heavy atom. The predicted molar refractivity (Wildman–Crippen MR) is 27.6 cm³/mol. The van der Waals surface area contributed by atoms with Crippen LogP contribution in [0, 0.1) is 0 Å². The number of hydrogen-bond donors (Lipinski definition) is 0. The summed E-state index contributed by atoms with van der Waals surface area (Å²) in [6.45, 7) is 3.01. The second-order valence-corrected chi connectivity index (χ2v) is 2.30. The van der Waals surface area contributed by atoms with Crippen molar-refractivity contribution in [2.75, 3.05) is 0 Å². The molecule has 0 spiro atoms. The molecule has 0 fully saturated rings. The van der Waals surface area contributed by atoms with Crippen LogP contribution in [-0.4, -0.2) is 17.6 Å². The number of aliphatic imine (C=N–C) groups is 1. The van der Waals surface area contributed by atoms with Gasteiger partial charge in [-0.15, -0.1) is 0 Å². The van der Waals surface area contributed by atoms with Gasteiger partial charge in [0.1, 0.15) is 0 Å². The first kappa shape index (κ1) is 9.94. The molecule has 1 rings (SSSR count). The van der Waals surface area contributed by atoms with Gasteiger partial charge in [-0.3, -0.25) is 4.79 Å². The summed E-state index contributed by atoms with van der Waals surface area (Å²) in [5, 5.41) is 10.3. The number of carbonyl (C=O) groups excluding carboxylic acids is 1. The fraction of sp³-hybridized carbons (Fsp3) is 0.600. The van der Waals surface area contributed by atoms with Crippen molar-refractivity contribution >= 4 is 12.0 Å². The third-order valence-electron chi connectivity index (χ3n) is 1.05. The van der Waals surface area contributed by atoms with Gasteiger partial charge < -0.3 is 9.84 Å². The minimum atomic E-state index is -1.03. The van der Waals surface area contributed by atoms with Gasteiger partial charge in [0.2, 0.25) is 0 Å². The monoisotopic (exact) mass is 151 g/mol. The van der Waals surface area contributed by atoms with E-state index < -0.39 is 17.6 Å². The summed E-state index contributed by atoms with van der Waals surface area (Å²) >= 11 is 0. The molecule has 0 bridgehead atoms. The van der Waals surface area contributed by atoms with Crippen LogP contribution in [0.3, 0.4) is 0 Å². The van der Waals surface area contributed by atoms with Gasteiger partial charge >= 0.3 is 29.6 Å². The average molecular weight is 151 g/mol. The average Bonchev–Trinajstić information content (AvgIpc) is 1.79. The van der Waals surface area contributed by atoms with Crippen molar-refractivity contribution in [3.63, 3.8) is 0 Å². The molecule has 0 aromatic heterocycles. The molecule has 1 heterocycles. The normalized spacial score (nSPS) is 21.0. The Bertz CT molecular complexity index is 187. The SMILES string of the molecule is CC1(C)OC([O-])=NC1=O.[Na+]. The summed E-state index contributed by atoms with van der Waals surface area (Å²) in [7, 11) is 0. The van der Waals surface area contributed by atoms with E-state index in [2.05, 4.69) is 9.73 Å². The molecule has 1 amide bonds. The zero-order valence-corrected chi connectivity index (χ0v) is 8.17. The largest absolute Gasteiger partial charge is 1.00 e. The Balaban J connectivity index is 0.000000810. The molecule has 50 valence electrons. The van der Waals surface area contributed by atoms with Gasteiger partial charge in [0.25, 0.3) is 5.91 Å². The number of rotatable bonds is 0. The van der Waals surface area contributed by atoms with Gasteiger partial charge in [0, 0.05) is 0 Å². The summed E-state index contributed by atoms with van der Waals surface area (Å²) in [5.74, 6) is -0.507. The predicted octanol–water partition coefficient (Wildman–Crippen LogP) is -3.96. The number of amides is 1. The van der Waals surface area contributed by atoms with E-state index in [1.54, 1.807) is 0 Å². The van der Waals surface area contributed by atoms with E-state index in [-0.39, 0.29) is 29.6 Å². The quantitative estimate of drug-likeness (QED) is 0.332. The molecule has 10 heavy (non-hydrogen) atoms. The smallest absolute Gasteiger partial charge is 0.584 e. The first-order valence-corrected chi connectivity index (χ1v) is 2.51. The summed E-state index contributed by atoms with van der Waals surface area (Å²) in [6, 6.07) is 0. The Morgan fingerprint density at radius 3 is 2.20 bits per heavy atom. The summed E-state index contributed by atoms with van der Waals surface area (Å²) in [6.07, 6.45) is -0.787. The number of ether oxygens (including phenoxy) is 1. The van der Waals surface area contributed by atoms with Crippen molar-refractivity contribution in [3.05, 3.63) is 0 Å². The van der Waals surface area contributed by atoms with Crippen molar-refractivity contribution in [2.45, 2.75) is 19.4 Å². The standard InChI is InChI=1S/C5H7NO3.Na/c1-5(2)3(7)6-4(8)9-5;/h1-2H3,(H,6,7,8);/q;+1/p-1. The van der Waals surface area contributed by atoms with Crippen LogP contribution < -0.4 is 34.7 Å². The second kappa shape index (κ2) is 2.90. The molecule has 0 N–H and O–H groups in total. The van der Waals surface area contributed by atoms with Gasteiger partial charge in [-0.25, -0.2) is 0 Å². The van der Waals surface area contributed by atoms with Crippen molar-refractivity contribution < 1.29 is 44.2 Å². The van der Waals surface area contributed by atoms with Gasteiger partial charge in [-0.1, -0.05) is 0 Å². The molecule has 4 nitrogen and oxygen atoms in total. The number of carbonyl (C=O) groups is 1. The maximum absolute atomic E-state index is 10.6. The van der Waals surface area contributed by atoms with Gasteiger partial charge in [-0.2, -0.15) is 4.99 Å². The molecule has 5 heteroatoms. The first-order valence-electron chi connectivity index (χ1n) is 2.51. The molecule has 1 aliphatic rings. The zero-order valence-electron chi connectivity index (χ0n) is 6.17. The van der Waals surface area contributed by atoms with Gasteiger partial charge in [0.05, 0.1) is 5.60 Å². The maximum Gasteiger partial charge on any atom is 1.00 e. The van der Waals surface area contributed by atoms with Crippen molar-refractivity contribution in [3.8, 4) is 0 Å². The summed E-state index contributed by atoms with van der Waals surface area (Å²) in [5.41, 5.74) is -1.03. The molecule has 0 atom stereocenters. The van der Waals surface area contributed by atoms with Crippen LogP contribution in [0.15, 0.2) is 4.99 Å². The summed E-state index contributed by atoms with van der Waals surface area (Å²) < 4.78 is 4.51. The third kappa shape index (κ3) is 1.71. The Morgan fingerprint density at radius 1 is 1.60 bits per heavy atom. The third-order valence-corrected chi connectivity index (χ3v) is 1.05. The molecular weight excluding hydrogens is 145 g/mol. The van der Waals surface area contributed by atoms with Crippen LogP contribution in [0.2, 0.25) is 0 Å². The van der Waals surface area contributed by atoms with Gasteiger partial charge in [-0.05, 0) is 13.8 Å². The maximum atomic E-state index is 10.6. The second-order valence-electron chi connectivity index (χ2n) is 2.30. The van der Waals surface area contributed by atoms with Crippen LogP contribution in [0.4, 0.5) is 0 Å². The van der Waals surface area contributed by atoms with E-state index in [0.717, 1.165) is 0 Å². The first-order chi connectivity index (χ1) is 4.02. The molecule has 0 radical (unpaired) electrons. The van der Waals surface area contributed by atoms with Crippen LogP contribution in [0.1, 0.15) is 13.8 Å². The molecule has 1 aliphatic heterocycles. The van der Waals surface area contributed by atoms with E-state index in [1.165, 1.54) is 13.8 Å². The Hall–Kier alpha value is -0.0600. The van der Waals surface area contributed by atoms with E-state index >= 15 is 0 Å². The Kier molecular flexibility index (Phi) is 2.88. The molecular formula is C5H6NNaO3. The van der Waals surface area contributed by atoms with E-state index in [9.17, 15) is 9.90 Å². The minimum absolute atomic E-state index is 0. The van der Waals surface area contributed by atoms with Crippen molar-refractivity contribution in [1.29, 1.82) is 0 Å². The van der Waals surface area contributed by atoms with Gasteiger partial charge in [0.15, 0.2) is 6.08 Å². The van der Waals surface area contributed by atoms with Crippen molar-refractivity contribution in [1.82, 2.24) is 0 Å². The van der Waals surface area contributed by atoms with Crippen LogP contribution in [0.5, 0.6) is 0 Å². The molecule has 0 aromatic carbocycles. The van der Waals surface area contributed by atoms with Crippen LogP contribution >= 0.6 is 0 Å². The van der Waals surface area contributed by atoms with E-state index in [4.69, 9.17) is 0 Å². The molecule has 0 aromatic rings. The minimum Gasteiger partial charge on any atom is -0.584 e. The molecule has 0 unspecified atom stereocenters. The van der Waals surface area contributed by atoms with Crippen LogP contribution in [-0.2, 0) is 9.53 Å². The van der Waals surface area contributed by atoms with Crippen molar-refractivity contribution in [2.24, 2.45) is 4.99 Å². The van der Waals surface area contributed by atoms with E-state index in [0.29, 0.717) is 0 Å². The zero-order chi connectivity index (χ0) is 7.07. The number of nitrogens with zero attached hydrogens (tertiary/aromatic N) is 1. The molecule has 0 saturated carbocycles. The molecule has 0 saturated heterocycles. The molecule has 0 aliphatic carbocycles. The topological polar surface area (TPSA) is 61.7 Å². The number of hydrogen-bond acceptors (Lipinski definition) is 3.